The molecule has 1 saturated heterocycles. The van der Waals surface area contributed by atoms with E-state index in [1.807, 2.05) is 6.07 Å². The minimum atomic E-state index is -0.373. The van der Waals surface area contributed by atoms with Crippen molar-refractivity contribution >= 4 is 29.2 Å². The lowest BCUT2D eigenvalue weighted by atomic mass is 10.1. The number of hydrogen-bond acceptors (Lipinski definition) is 5. The zero-order valence-electron chi connectivity index (χ0n) is 13.2. The molecule has 1 aliphatic rings. The fourth-order valence-electron chi connectivity index (χ4n) is 2.61. The number of aromatic nitrogens is 2. The van der Waals surface area contributed by atoms with Crippen molar-refractivity contribution in [1.82, 2.24) is 9.97 Å². The Balaban J connectivity index is 1.55. The average Bonchev–Trinajstić information content (AvgIpc) is 2.61. The molecule has 2 heterocycles. The van der Waals surface area contributed by atoms with E-state index < -0.39 is 0 Å². The third-order valence-corrected chi connectivity index (χ3v) is 4.69. The first-order valence-electron chi connectivity index (χ1n) is 7.96. The summed E-state index contributed by atoms with van der Waals surface area (Å²) in [5.41, 5.74) is 0.456. The standard InChI is InChI=1S/C17H19FN4OS/c18-13-5-4-6-14(9-13)21-16(23)11-24-17-10-15(19-12-20-17)22-7-2-1-3-8-22/h4-6,9-10,12H,1-3,7-8,11H2,(H,21,23). The Bertz CT molecular complexity index is 706. The summed E-state index contributed by atoms with van der Waals surface area (Å²) < 4.78 is 13.1. The molecule has 1 aromatic heterocycles. The first kappa shape index (κ1) is 16.7. The minimum absolute atomic E-state index is 0.191. The zero-order valence-corrected chi connectivity index (χ0v) is 14.1. The molecule has 0 spiro atoms. The number of carbonyl (C=O) groups is 1. The van der Waals surface area contributed by atoms with Gasteiger partial charge in [0.2, 0.25) is 5.91 Å². The number of carbonyl (C=O) groups excluding carboxylic acids is 1. The van der Waals surface area contributed by atoms with E-state index in [-0.39, 0.29) is 17.5 Å². The summed E-state index contributed by atoms with van der Waals surface area (Å²) in [6, 6.07) is 7.78. The molecular formula is C17H19FN4OS. The van der Waals surface area contributed by atoms with Gasteiger partial charge in [0.25, 0.3) is 0 Å². The molecule has 5 nitrogen and oxygen atoms in total. The number of rotatable bonds is 5. The Kier molecular flexibility index (Phi) is 5.63. The summed E-state index contributed by atoms with van der Waals surface area (Å²) in [5.74, 6) is 0.566. The molecule has 0 aliphatic carbocycles. The highest BCUT2D eigenvalue weighted by molar-refractivity contribution is 7.99. The van der Waals surface area contributed by atoms with E-state index in [1.165, 1.54) is 49.5 Å². The van der Waals surface area contributed by atoms with Crippen LogP contribution in [0.2, 0.25) is 0 Å². The first-order chi connectivity index (χ1) is 11.7. The molecule has 0 radical (unpaired) electrons. The van der Waals surface area contributed by atoms with Crippen molar-refractivity contribution in [3.63, 3.8) is 0 Å². The fraction of sp³-hybridized carbons (Fsp3) is 0.353. The third-order valence-electron chi connectivity index (χ3n) is 3.77. The van der Waals surface area contributed by atoms with Crippen molar-refractivity contribution in [3.8, 4) is 0 Å². The van der Waals surface area contributed by atoms with Gasteiger partial charge in [-0.1, -0.05) is 17.8 Å². The first-order valence-corrected chi connectivity index (χ1v) is 8.94. The summed E-state index contributed by atoms with van der Waals surface area (Å²) in [6.45, 7) is 2.03. The second-order valence-electron chi connectivity index (χ2n) is 5.61. The third kappa shape index (κ3) is 4.67. The number of benzene rings is 1. The Hall–Kier alpha value is -2.15. The predicted molar refractivity (Wildman–Crippen MR) is 93.8 cm³/mol. The highest BCUT2D eigenvalue weighted by Crippen LogP contribution is 2.22. The van der Waals surface area contributed by atoms with Crippen LogP contribution in [0.25, 0.3) is 0 Å². The van der Waals surface area contributed by atoms with Crippen molar-refractivity contribution in [2.24, 2.45) is 0 Å². The molecule has 0 bridgehead atoms. The highest BCUT2D eigenvalue weighted by atomic mass is 32.2. The monoisotopic (exact) mass is 346 g/mol. The van der Waals surface area contributed by atoms with Crippen LogP contribution in [-0.4, -0.2) is 34.7 Å². The summed E-state index contributed by atoms with van der Waals surface area (Å²) in [6.07, 6.45) is 5.17. The van der Waals surface area contributed by atoms with Crippen molar-refractivity contribution in [1.29, 1.82) is 0 Å². The van der Waals surface area contributed by atoms with Crippen LogP contribution in [0.1, 0.15) is 19.3 Å². The average molecular weight is 346 g/mol. The zero-order chi connectivity index (χ0) is 16.8. The van der Waals surface area contributed by atoms with Crippen LogP contribution in [0.3, 0.4) is 0 Å². The Labute approximate surface area is 144 Å². The predicted octanol–water partition coefficient (Wildman–Crippen LogP) is 3.34. The summed E-state index contributed by atoms with van der Waals surface area (Å²) >= 11 is 1.35. The maximum absolute atomic E-state index is 13.1. The molecule has 0 atom stereocenters. The van der Waals surface area contributed by atoms with Crippen LogP contribution in [0.5, 0.6) is 0 Å². The molecule has 0 saturated carbocycles. The normalized spacial score (nSPS) is 14.5. The van der Waals surface area contributed by atoms with Gasteiger partial charge in [-0.05, 0) is 37.5 Å². The molecule has 3 rings (SSSR count). The molecule has 2 aromatic rings. The van der Waals surface area contributed by atoms with Crippen LogP contribution in [-0.2, 0) is 4.79 Å². The molecule has 1 aromatic carbocycles. The Morgan fingerprint density at radius 1 is 1.21 bits per heavy atom. The van der Waals surface area contributed by atoms with Crippen molar-refractivity contribution in [2.45, 2.75) is 24.3 Å². The molecule has 0 unspecified atom stereocenters. The molecule has 126 valence electrons. The van der Waals surface area contributed by atoms with Crippen molar-refractivity contribution in [3.05, 3.63) is 42.5 Å². The van der Waals surface area contributed by atoms with Gasteiger partial charge in [-0.3, -0.25) is 4.79 Å². The summed E-state index contributed by atoms with van der Waals surface area (Å²) in [7, 11) is 0. The number of nitrogens with zero attached hydrogens (tertiary/aromatic N) is 3. The van der Waals surface area contributed by atoms with Gasteiger partial charge >= 0.3 is 0 Å². The van der Waals surface area contributed by atoms with Gasteiger partial charge in [-0.2, -0.15) is 0 Å². The summed E-state index contributed by atoms with van der Waals surface area (Å²) in [4.78, 5) is 22.8. The van der Waals surface area contributed by atoms with Gasteiger partial charge in [-0.25, -0.2) is 14.4 Å². The molecule has 1 fully saturated rings. The molecule has 1 N–H and O–H groups in total. The van der Waals surface area contributed by atoms with Gasteiger partial charge in [0.15, 0.2) is 0 Å². The lowest BCUT2D eigenvalue weighted by Crippen LogP contribution is -2.30. The fourth-order valence-corrected chi connectivity index (χ4v) is 3.27. The Morgan fingerprint density at radius 3 is 2.83 bits per heavy atom. The van der Waals surface area contributed by atoms with E-state index in [0.29, 0.717) is 5.69 Å². The SMILES string of the molecule is O=C(CSc1cc(N2CCCCC2)ncn1)Nc1cccc(F)c1. The number of nitrogens with one attached hydrogen (secondary N) is 1. The lowest BCUT2D eigenvalue weighted by Gasteiger charge is -2.27. The molecule has 1 amide bonds. The summed E-state index contributed by atoms with van der Waals surface area (Å²) in [5, 5.41) is 3.44. The lowest BCUT2D eigenvalue weighted by molar-refractivity contribution is -0.113. The second kappa shape index (κ2) is 8.10. The Morgan fingerprint density at radius 2 is 2.04 bits per heavy atom. The van der Waals surface area contributed by atoms with Crippen LogP contribution in [0.4, 0.5) is 15.9 Å². The van der Waals surface area contributed by atoms with E-state index >= 15 is 0 Å². The second-order valence-corrected chi connectivity index (χ2v) is 6.60. The highest BCUT2D eigenvalue weighted by Gasteiger charge is 2.13. The smallest absolute Gasteiger partial charge is 0.234 e. The van der Waals surface area contributed by atoms with Gasteiger partial charge in [0.05, 0.1) is 5.75 Å². The largest absolute Gasteiger partial charge is 0.356 e. The van der Waals surface area contributed by atoms with Crippen molar-refractivity contribution in [2.75, 3.05) is 29.1 Å². The number of hydrogen-bond donors (Lipinski definition) is 1. The van der Waals surface area contributed by atoms with Crippen LogP contribution < -0.4 is 10.2 Å². The molecule has 7 heteroatoms. The van der Waals surface area contributed by atoms with E-state index in [2.05, 4.69) is 20.2 Å². The van der Waals surface area contributed by atoms with Gasteiger partial charge < -0.3 is 10.2 Å². The number of anilines is 2. The maximum atomic E-state index is 13.1. The molecule has 24 heavy (non-hydrogen) atoms. The number of thioether (sulfide) groups is 1. The maximum Gasteiger partial charge on any atom is 0.234 e. The van der Waals surface area contributed by atoms with Gasteiger partial charge in [0, 0.05) is 24.8 Å². The van der Waals surface area contributed by atoms with E-state index in [9.17, 15) is 9.18 Å². The van der Waals surface area contributed by atoms with E-state index in [4.69, 9.17) is 0 Å². The molecular weight excluding hydrogens is 327 g/mol. The molecule has 1 aliphatic heterocycles. The van der Waals surface area contributed by atoms with Gasteiger partial charge in [-0.15, -0.1) is 0 Å². The number of piperidine rings is 1. The van der Waals surface area contributed by atoms with Crippen LogP contribution in [0.15, 0.2) is 41.7 Å². The quantitative estimate of drug-likeness (QED) is 0.665. The van der Waals surface area contributed by atoms with Crippen LogP contribution >= 0.6 is 11.8 Å². The van der Waals surface area contributed by atoms with Crippen molar-refractivity contribution < 1.29 is 9.18 Å². The minimum Gasteiger partial charge on any atom is -0.356 e. The van der Waals surface area contributed by atoms with E-state index in [0.717, 1.165) is 23.9 Å². The van der Waals surface area contributed by atoms with Crippen LogP contribution in [0, 0.1) is 5.82 Å². The van der Waals surface area contributed by atoms with E-state index in [1.54, 1.807) is 12.1 Å². The topological polar surface area (TPSA) is 58.1 Å². The number of halogens is 1. The number of amides is 1. The van der Waals surface area contributed by atoms with Gasteiger partial charge in [0.1, 0.15) is 23.0 Å².